The molecule has 1 spiro atoms. The van der Waals surface area contributed by atoms with Crippen molar-refractivity contribution in [2.24, 2.45) is 0 Å². The van der Waals surface area contributed by atoms with Crippen LogP contribution in [-0.4, -0.2) is 4.57 Å². The van der Waals surface area contributed by atoms with Crippen LogP contribution in [0.2, 0.25) is 0 Å². The van der Waals surface area contributed by atoms with Crippen molar-refractivity contribution in [1.82, 2.24) is 4.57 Å². The molecule has 204 valence electrons. The first-order valence-corrected chi connectivity index (χ1v) is 15.5. The Balaban J connectivity index is 1.04. The van der Waals surface area contributed by atoms with E-state index >= 15 is 0 Å². The number of nitrogens with zero attached hydrogens (tertiary/aromatic N) is 2. The molecule has 2 unspecified atom stereocenters. The Morgan fingerprint density at radius 2 is 1.14 bits per heavy atom. The van der Waals surface area contributed by atoms with Gasteiger partial charge in [0.1, 0.15) is 0 Å². The van der Waals surface area contributed by atoms with Gasteiger partial charge in [0.25, 0.3) is 0 Å². The van der Waals surface area contributed by atoms with Gasteiger partial charge in [-0.15, -0.1) is 0 Å². The van der Waals surface area contributed by atoms with E-state index in [0.29, 0.717) is 5.92 Å². The molecule has 2 aliphatic carbocycles. The molecule has 0 saturated heterocycles. The van der Waals surface area contributed by atoms with Crippen LogP contribution >= 0.6 is 0 Å². The Morgan fingerprint density at radius 3 is 1.86 bits per heavy atom. The summed E-state index contributed by atoms with van der Waals surface area (Å²) in [5, 5.41) is 2.58. The van der Waals surface area contributed by atoms with Gasteiger partial charge in [0.2, 0.25) is 0 Å². The number of hydrogen-bond donors (Lipinski definition) is 0. The summed E-state index contributed by atoms with van der Waals surface area (Å²) >= 11 is 0. The molecular formula is C41H30N2. The molecule has 0 N–H and O–H groups in total. The van der Waals surface area contributed by atoms with Crippen molar-refractivity contribution < 1.29 is 0 Å². The van der Waals surface area contributed by atoms with Gasteiger partial charge in [-0.3, -0.25) is 0 Å². The van der Waals surface area contributed by atoms with Crippen molar-refractivity contribution in [3.8, 4) is 16.8 Å². The van der Waals surface area contributed by atoms with Crippen molar-refractivity contribution in [2.45, 2.75) is 30.6 Å². The zero-order valence-electron chi connectivity index (χ0n) is 23.9. The van der Waals surface area contributed by atoms with E-state index in [0.717, 1.165) is 0 Å². The summed E-state index contributed by atoms with van der Waals surface area (Å²) in [4.78, 5) is 2.51. The van der Waals surface area contributed by atoms with Crippen LogP contribution in [0.3, 0.4) is 0 Å². The van der Waals surface area contributed by atoms with Crippen molar-refractivity contribution >= 4 is 38.9 Å². The lowest BCUT2D eigenvalue weighted by molar-refractivity contribution is 0.544. The molecule has 2 heteroatoms. The molecule has 1 aromatic heterocycles. The molecular weight excluding hydrogens is 520 g/mol. The minimum atomic E-state index is 0.196. The lowest BCUT2D eigenvalue weighted by Crippen LogP contribution is -2.32. The van der Waals surface area contributed by atoms with Gasteiger partial charge < -0.3 is 9.47 Å². The molecule has 0 amide bonds. The molecule has 2 nitrogen and oxygen atoms in total. The van der Waals surface area contributed by atoms with Crippen LogP contribution in [0.5, 0.6) is 0 Å². The van der Waals surface area contributed by atoms with Crippen LogP contribution in [0.4, 0.5) is 17.1 Å². The number of fused-ring (bicyclic) bond motifs is 6. The monoisotopic (exact) mass is 550 g/mol. The quantitative estimate of drug-likeness (QED) is 0.212. The Kier molecular flexibility index (Phi) is 4.63. The van der Waals surface area contributed by atoms with Gasteiger partial charge in [0, 0.05) is 27.6 Å². The first-order valence-electron chi connectivity index (χ1n) is 15.5. The summed E-state index contributed by atoms with van der Waals surface area (Å²) in [5.74, 6) is 0.704. The summed E-state index contributed by atoms with van der Waals surface area (Å²) in [5.41, 5.74) is 15.0. The molecule has 43 heavy (non-hydrogen) atoms. The fourth-order valence-electron chi connectivity index (χ4n) is 8.81. The second-order valence-electron chi connectivity index (χ2n) is 12.6. The van der Waals surface area contributed by atoms with E-state index in [1.807, 2.05) is 0 Å². The third-order valence-corrected chi connectivity index (χ3v) is 10.6. The van der Waals surface area contributed by atoms with E-state index in [1.165, 1.54) is 80.5 Å². The van der Waals surface area contributed by atoms with Gasteiger partial charge in [-0.2, -0.15) is 0 Å². The number of aromatic nitrogens is 1. The molecule has 1 aliphatic heterocycles. The summed E-state index contributed by atoms with van der Waals surface area (Å²) in [7, 11) is 0. The summed E-state index contributed by atoms with van der Waals surface area (Å²) < 4.78 is 2.38. The van der Waals surface area contributed by atoms with Crippen molar-refractivity contribution in [3.05, 3.63) is 156 Å². The van der Waals surface area contributed by atoms with Gasteiger partial charge in [0.05, 0.1) is 22.4 Å². The molecule has 3 aliphatic rings. The topological polar surface area (TPSA) is 8.17 Å². The fraction of sp³-hybridized carbons (Fsp3) is 0.122. The van der Waals surface area contributed by atoms with Gasteiger partial charge in [-0.05, 0) is 102 Å². The molecule has 10 rings (SSSR count). The zero-order chi connectivity index (χ0) is 28.1. The van der Waals surface area contributed by atoms with Crippen molar-refractivity contribution in [1.29, 1.82) is 0 Å². The first-order chi connectivity index (χ1) is 21.3. The molecule has 2 bridgehead atoms. The number of para-hydroxylation sites is 3. The molecule has 2 atom stereocenters. The summed E-state index contributed by atoms with van der Waals surface area (Å²) in [6, 6.07) is 51.8. The Morgan fingerprint density at radius 1 is 0.535 bits per heavy atom. The van der Waals surface area contributed by atoms with Gasteiger partial charge >= 0.3 is 0 Å². The van der Waals surface area contributed by atoms with E-state index in [1.54, 1.807) is 11.1 Å². The highest BCUT2D eigenvalue weighted by atomic mass is 15.2. The zero-order valence-corrected chi connectivity index (χ0v) is 23.9. The third kappa shape index (κ3) is 3.08. The van der Waals surface area contributed by atoms with Crippen LogP contribution in [0.25, 0.3) is 38.6 Å². The lowest BCUT2D eigenvalue weighted by atomic mass is 9.70. The second-order valence-corrected chi connectivity index (χ2v) is 12.6. The molecule has 0 radical (unpaired) electrons. The Hall–Kier alpha value is -5.08. The lowest BCUT2D eigenvalue weighted by Gasteiger charge is -2.43. The highest BCUT2D eigenvalue weighted by Gasteiger charge is 2.54. The average Bonchev–Trinajstić information content (AvgIpc) is 3.76. The van der Waals surface area contributed by atoms with Gasteiger partial charge in [-0.25, -0.2) is 0 Å². The highest BCUT2D eigenvalue weighted by molar-refractivity contribution is 6.09. The minimum absolute atomic E-state index is 0.196. The fourth-order valence-corrected chi connectivity index (χ4v) is 8.81. The minimum Gasteiger partial charge on any atom is -0.310 e. The molecule has 1 fully saturated rings. The number of hydrogen-bond acceptors (Lipinski definition) is 1. The summed E-state index contributed by atoms with van der Waals surface area (Å²) in [6.07, 6.45) is 3.86. The SMILES string of the molecule is c1ccc2c(c1)N(c1ccc(-c3ccc(-n4c5ccccc5c5ccccc54)cc3)cc1)c1cccc3c1C21CCC3C1. The number of benzene rings is 6. The molecule has 1 saturated carbocycles. The molecule has 2 heterocycles. The van der Waals surface area contributed by atoms with E-state index in [4.69, 9.17) is 0 Å². The van der Waals surface area contributed by atoms with Gasteiger partial charge in [0.15, 0.2) is 0 Å². The molecule has 7 aromatic rings. The van der Waals surface area contributed by atoms with Crippen molar-refractivity contribution in [3.63, 3.8) is 0 Å². The van der Waals surface area contributed by atoms with Crippen LogP contribution < -0.4 is 4.90 Å². The van der Waals surface area contributed by atoms with E-state index in [2.05, 4.69) is 149 Å². The van der Waals surface area contributed by atoms with Crippen LogP contribution in [0.15, 0.2) is 140 Å². The van der Waals surface area contributed by atoms with Gasteiger partial charge in [-0.1, -0.05) is 91.0 Å². The van der Waals surface area contributed by atoms with E-state index in [9.17, 15) is 0 Å². The van der Waals surface area contributed by atoms with Crippen LogP contribution in [0, 0.1) is 0 Å². The third-order valence-electron chi connectivity index (χ3n) is 10.6. The number of anilines is 3. The number of rotatable bonds is 3. The molecule has 6 aromatic carbocycles. The second kappa shape index (κ2) is 8.49. The van der Waals surface area contributed by atoms with E-state index < -0.39 is 0 Å². The van der Waals surface area contributed by atoms with Crippen LogP contribution in [-0.2, 0) is 5.41 Å². The Bertz CT molecular complexity index is 2170. The van der Waals surface area contributed by atoms with Crippen LogP contribution in [0.1, 0.15) is 41.9 Å². The maximum atomic E-state index is 2.51. The summed E-state index contributed by atoms with van der Waals surface area (Å²) in [6.45, 7) is 0. The average molecular weight is 551 g/mol. The largest absolute Gasteiger partial charge is 0.310 e. The standard InChI is InChI=1S/C41H30N2/c1-4-12-36-33(8-1)34-9-2-5-13-37(34)42(36)30-20-16-27(17-21-30)28-18-22-31(23-19-28)43-38-14-6-3-11-35(38)41-25-24-29(26-41)32-10-7-15-39(43)40(32)41/h1-23,29H,24-26H2. The maximum absolute atomic E-state index is 2.51. The Labute approximate surface area is 251 Å². The maximum Gasteiger partial charge on any atom is 0.0541 e. The normalized spacial score (nSPS) is 19.6. The van der Waals surface area contributed by atoms with Crippen molar-refractivity contribution in [2.75, 3.05) is 4.90 Å². The predicted octanol–water partition coefficient (Wildman–Crippen LogP) is 10.8. The highest BCUT2D eigenvalue weighted by Crippen LogP contribution is 2.67. The smallest absolute Gasteiger partial charge is 0.0541 e. The first kappa shape index (κ1) is 23.5. The predicted molar refractivity (Wildman–Crippen MR) is 178 cm³/mol. The van der Waals surface area contributed by atoms with E-state index in [-0.39, 0.29) is 5.41 Å².